The fourth-order valence-electron chi connectivity index (χ4n) is 3.77. The molecular formula is C24H48N2O4. The van der Waals surface area contributed by atoms with Gasteiger partial charge in [0.05, 0.1) is 0 Å². The third kappa shape index (κ3) is 20.1. The molecule has 0 aromatic heterocycles. The highest BCUT2D eigenvalue weighted by atomic mass is 16.4. The average Bonchev–Trinajstić information content (AvgIpc) is 2.70. The number of hydrogen-bond acceptors (Lipinski definition) is 4. The van der Waals surface area contributed by atoms with Crippen LogP contribution in [0.1, 0.15) is 129 Å². The summed E-state index contributed by atoms with van der Waals surface area (Å²) in [6, 6.07) is -0.937. The van der Waals surface area contributed by atoms with Gasteiger partial charge in [-0.25, -0.2) is 0 Å². The van der Waals surface area contributed by atoms with Crippen LogP contribution in [-0.4, -0.2) is 34.4 Å². The molecule has 0 aliphatic carbocycles. The zero-order valence-corrected chi connectivity index (χ0v) is 19.4. The van der Waals surface area contributed by atoms with E-state index in [-0.39, 0.29) is 12.8 Å². The fraction of sp³-hybridized carbons (Fsp3) is 0.917. The van der Waals surface area contributed by atoms with Crippen molar-refractivity contribution in [2.45, 2.75) is 141 Å². The minimum Gasteiger partial charge on any atom is -0.480 e. The predicted molar refractivity (Wildman–Crippen MR) is 123 cm³/mol. The van der Waals surface area contributed by atoms with E-state index in [2.05, 4.69) is 12.2 Å². The number of aliphatic hydroxyl groups is 1. The van der Waals surface area contributed by atoms with E-state index in [1.54, 1.807) is 0 Å². The van der Waals surface area contributed by atoms with Gasteiger partial charge in [0, 0.05) is 6.42 Å². The molecule has 0 aliphatic heterocycles. The largest absolute Gasteiger partial charge is 0.480 e. The molecule has 0 aromatic rings. The Balaban J connectivity index is 3.42. The monoisotopic (exact) mass is 428 g/mol. The van der Waals surface area contributed by atoms with Gasteiger partial charge in [-0.05, 0) is 19.3 Å². The first-order valence-corrected chi connectivity index (χ1v) is 12.4. The Morgan fingerprint density at radius 1 is 0.733 bits per heavy atom. The Bertz CT molecular complexity index is 418. The van der Waals surface area contributed by atoms with Crippen LogP contribution in [0.2, 0.25) is 0 Å². The van der Waals surface area contributed by atoms with Crippen LogP contribution in [0.3, 0.4) is 0 Å². The van der Waals surface area contributed by atoms with Crippen LogP contribution >= 0.6 is 0 Å². The fourth-order valence-corrected chi connectivity index (χ4v) is 3.77. The summed E-state index contributed by atoms with van der Waals surface area (Å²) in [5.41, 5.74) is 5.05. The summed E-state index contributed by atoms with van der Waals surface area (Å²) in [7, 11) is 0. The number of carbonyl (C=O) groups is 2. The normalized spacial score (nSPS) is 13.3. The van der Waals surface area contributed by atoms with E-state index in [1.807, 2.05) is 0 Å². The van der Waals surface area contributed by atoms with Crippen molar-refractivity contribution in [3.8, 4) is 0 Å². The molecule has 6 nitrogen and oxygen atoms in total. The lowest BCUT2D eigenvalue weighted by Crippen LogP contribution is -2.43. The molecule has 0 bridgehead atoms. The molecule has 0 aliphatic rings. The molecule has 0 heterocycles. The van der Waals surface area contributed by atoms with Crippen molar-refractivity contribution in [1.82, 2.24) is 5.32 Å². The topological polar surface area (TPSA) is 113 Å². The van der Waals surface area contributed by atoms with Gasteiger partial charge in [-0.15, -0.1) is 0 Å². The van der Waals surface area contributed by atoms with Crippen LogP contribution in [0.5, 0.6) is 0 Å². The average molecular weight is 429 g/mol. The van der Waals surface area contributed by atoms with Crippen LogP contribution in [0.25, 0.3) is 0 Å². The van der Waals surface area contributed by atoms with Crippen molar-refractivity contribution in [1.29, 1.82) is 0 Å². The van der Waals surface area contributed by atoms with Crippen molar-refractivity contribution < 1.29 is 19.8 Å². The van der Waals surface area contributed by atoms with Gasteiger partial charge in [0.2, 0.25) is 5.91 Å². The number of nitrogens with one attached hydrogen (secondary N) is 1. The lowest BCUT2D eigenvalue weighted by atomic mass is 10.0. The minimum absolute atomic E-state index is 0.00423. The van der Waals surface area contributed by atoms with Crippen molar-refractivity contribution in [2.24, 2.45) is 5.73 Å². The minimum atomic E-state index is -1.07. The molecule has 1 amide bonds. The summed E-state index contributed by atoms with van der Waals surface area (Å²) in [4.78, 5) is 21.9. The highest BCUT2D eigenvalue weighted by Gasteiger charge is 2.20. The Labute approximate surface area is 184 Å². The van der Waals surface area contributed by atoms with E-state index in [0.29, 0.717) is 6.42 Å². The SMILES string of the molecule is CCCCCCCCCCCCCCCCCCC(O)NC(CCC(N)=O)C(=O)O. The van der Waals surface area contributed by atoms with E-state index in [0.717, 1.165) is 19.3 Å². The summed E-state index contributed by atoms with van der Waals surface area (Å²) in [6.07, 6.45) is 20.5. The maximum absolute atomic E-state index is 11.1. The van der Waals surface area contributed by atoms with Crippen molar-refractivity contribution in [2.75, 3.05) is 0 Å². The number of unbranched alkanes of at least 4 members (excludes halogenated alkanes) is 15. The zero-order valence-electron chi connectivity index (χ0n) is 19.4. The Morgan fingerprint density at radius 2 is 1.13 bits per heavy atom. The quantitative estimate of drug-likeness (QED) is 0.131. The van der Waals surface area contributed by atoms with Crippen LogP contribution in [0.4, 0.5) is 0 Å². The summed E-state index contributed by atoms with van der Waals surface area (Å²) >= 11 is 0. The van der Waals surface area contributed by atoms with Gasteiger partial charge < -0.3 is 15.9 Å². The molecule has 0 aromatic carbocycles. The molecular weight excluding hydrogens is 380 g/mol. The van der Waals surface area contributed by atoms with E-state index in [4.69, 9.17) is 10.8 Å². The van der Waals surface area contributed by atoms with Gasteiger partial charge >= 0.3 is 5.97 Å². The molecule has 0 spiro atoms. The van der Waals surface area contributed by atoms with Crippen molar-refractivity contribution in [3.63, 3.8) is 0 Å². The second-order valence-corrected chi connectivity index (χ2v) is 8.67. The summed E-state index contributed by atoms with van der Waals surface area (Å²) in [5.74, 6) is -1.60. The maximum atomic E-state index is 11.1. The van der Waals surface area contributed by atoms with E-state index < -0.39 is 24.1 Å². The number of carboxylic acids is 1. The van der Waals surface area contributed by atoms with Crippen molar-refractivity contribution >= 4 is 11.9 Å². The number of carboxylic acid groups (broad SMARTS) is 1. The zero-order chi connectivity index (χ0) is 22.5. The summed E-state index contributed by atoms with van der Waals surface area (Å²) < 4.78 is 0. The van der Waals surface area contributed by atoms with E-state index in [9.17, 15) is 14.7 Å². The first kappa shape index (κ1) is 28.9. The van der Waals surface area contributed by atoms with Crippen LogP contribution in [0.15, 0.2) is 0 Å². The number of primary amides is 1. The molecule has 178 valence electrons. The predicted octanol–water partition coefficient (Wildman–Crippen LogP) is 5.26. The van der Waals surface area contributed by atoms with Crippen LogP contribution in [-0.2, 0) is 9.59 Å². The Morgan fingerprint density at radius 3 is 1.50 bits per heavy atom. The Kier molecular flexibility index (Phi) is 20.3. The highest BCUT2D eigenvalue weighted by Crippen LogP contribution is 2.14. The lowest BCUT2D eigenvalue weighted by molar-refractivity contribution is -0.140. The first-order valence-electron chi connectivity index (χ1n) is 12.4. The third-order valence-corrected chi connectivity index (χ3v) is 5.70. The second-order valence-electron chi connectivity index (χ2n) is 8.67. The number of aliphatic hydroxyl groups excluding tert-OH is 1. The second kappa shape index (κ2) is 21.1. The highest BCUT2D eigenvalue weighted by molar-refractivity contribution is 5.77. The smallest absolute Gasteiger partial charge is 0.320 e. The third-order valence-electron chi connectivity index (χ3n) is 5.70. The molecule has 0 fully saturated rings. The van der Waals surface area contributed by atoms with Crippen LogP contribution in [0, 0.1) is 0 Å². The number of aliphatic carboxylic acids is 1. The first-order chi connectivity index (χ1) is 14.5. The molecule has 5 N–H and O–H groups in total. The van der Waals surface area contributed by atoms with Gasteiger partial charge in [-0.2, -0.15) is 0 Å². The standard InChI is InChI=1S/C24H48N2O4/c1-2-3-4-5-6-7-8-9-10-11-12-13-14-15-16-17-18-23(28)26-21(24(29)30)19-20-22(25)27/h21,23,26,28H,2-20H2,1H3,(H2,25,27)(H,29,30). The van der Waals surface area contributed by atoms with Gasteiger partial charge in [-0.1, -0.05) is 103 Å². The number of nitrogens with two attached hydrogens (primary N) is 1. The molecule has 0 saturated carbocycles. The number of amides is 1. The van der Waals surface area contributed by atoms with E-state index in [1.165, 1.54) is 83.5 Å². The lowest BCUT2D eigenvalue weighted by Gasteiger charge is -2.18. The number of carbonyl (C=O) groups excluding carboxylic acids is 1. The van der Waals surface area contributed by atoms with Crippen molar-refractivity contribution in [3.05, 3.63) is 0 Å². The van der Waals surface area contributed by atoms with Gasteiger partial charge in [0.15, 0.2) is 0 Å². The van der Waals surface area contributed by atoms with Gasteiger partial charge in [-0.3, -0.25) is 14.9 Å². The molecule has 2 atom stereocenters. The van der Waals surface area contributed by atoms with Crippen LogP contribution < -0.4 is 11.1 Å². The van der Waals surface area contributed by atoms with Gasteiger partial charge in [0.25, 0.3) is 0 Å². The molecule has 0 saturated heterocycles. The molecule has 6 heteroatoms. The maximum Gasteiger partial charge on any atom is 0.320 e. The molecule has 0 radical (unpaired) electrons. The molecule has 2 unspecified atom stereocenters. The summed E-state index contributed by atoms with van der Waals surface area (Å²) in [5, 5.41) is 21.8. The van der Waals surface area contributed by atoms with Gasteiger partial charge in [0.1, 0.15) is 12.3 Å². The molecule has 30 heavy (non-hydrogen) atoms. The summed E-state index contributed by atoms with van der Waals surface area (Å²) in [6.45, 7) is 2.26. The Hall–Kier alpha value is -1.14. The number of hydrogen-bond donors (Lipinski definition) is 4. The van der Waals surface area contributed by atoms with E-state index >= 15 is 0 Å². The number of rotatable bonds is 23. The molecule has 0 rings (SSSR count).